The number of hydrogen-bond acceptors (Lipinski definition) is 10. The van der Waals surface area contributed by atoms with E-state index in [-0.39, 0.29) is 41.1 Å². The summed E-state index contributed by atoms with van der Waals surface area (Å²) in [6, 6.07) is 8.07. The van der Waals surface area contributed by atoms with Gasteiger partial charge < -0.3 is 35.6 Å². The molecule has 0 spiro atoms. The van der Waals surface area contributed by atoms with Crippen molar-refractivity contribution in [3.05, 3.63) is 59.8 Å². The number of nitrogens with one attached hydrogen (secondary N) is 2. The summed E-state index contributed by atoms with van der Waals surface area (Å²) in [6.07, 6.45) is 1.25. The summed E-state index contributed by atoms with van der Waals surface area (Å²) in [5.74, 6) is -4.06. The van der Waals surface area contributed by atoms with Gasteiger partial charge >= 0.3 is 0 Å². The van der Waals surface area contributed by atoms with Crippen LogP contribution in [-0.2, 0) is 30.6 Å². The van der Waals surface area contributed by atoms with Crippen molar-refractivity contribution in [2.24, 2.45) is 0 Å². The molecule has 14 nitrogen and oxygen atoms in total. The molecule has 0 fully saturated rings. The quantitative estimate of drug-likeness (QED) is 0.192. The normalized spacial score (nSPS) is 15.3. The van der Waals surface area contributed by atoms with Crippen LogP contribution in [0.4, 0.5) is 11.4 Å². The van der Waals surface area contributed by atoms with E-state index in [1.54, 1.807) is 18.2 Å². The summed E-state index contributed by atoms with van der Waals surface area (Å²) < 4.78 is 0. The molecule has 0 unspecified atom stereocenters. The second-order valence-corrected chi connectivity index (χ2v) is 9.85. The third-order valence-corrected chi connectivity index (χ3v) is 6.79. The van der Waals surface area contributed by atoms with Crippen molar-refractivity contribution >= 4 is 58.0 Å². The molecule has 1 aromatic heterocycles. The zero-order chi connectivity index (χ0) is 31.3. The summed E-state index contributed by atoms with van der Waals surface area (Å²) in [5, 5.41) is 34.9. The molecule has 1 aliphatic heterocycles. The van der Waals surface area contributed by atoms with Crippen molar-refractivity contribution < 1.29 is 44.1 Å². The van der Waals surface area contributed by atoms with Gasteiger partial charge in [-0.3, -0.25) is 33.9 Å². The molecule has 4 rings (SSSR count). The third kappa shape index (κ3) is 6.66. The Morgan fingerprint density at radius 1 is 1.12 bits per heavy atom. The number of para-hydroxylation sites is 2. The average molecular weight is 592 g/mol. The molecule has 14 heteroatoms. The monoisotopic (exact) mass is 591 g/mol. The van der Waals surface area contributed by atoms with E-state index in [1.807, 2.05) is 0 Å². The van der Waals surface area contributed by atoms with Gasteiger partial charge in [0.05, 0.1) is 36.1 Å². The van der Waals surface area contributed by atoms with E-state index in [1.165, 1.54) is 31.2 Å². The first-order valence-corrected chi connectivity index (χ1v) is 13.2. The minimum atomic E-state index is -1.46. The largest absolute Gasteiger partial charge is 0.506 e. The van der Waals surface area contributed by atoms with Crippen LogP contribution < -0.4 is 20.4 Å². The lowest BCUT2D eigenvalue weighted by molar-refractivity contribution is -0.127. The summed E-state index contributed by atoms with van der Waals surface area (Å²) in [7, 11) is 0. The maximum Gasteiger partial charge on any atom is 0.257 e. The van der Waals surface area contributed by atoms with Crippen LogP contribution in [-0.4, -0.2) is 87.8 Å². The molecule has 224 valence electrons. The number of rotatable bonds is 10. The first-order chi connectivity index (χ1) is 20.6. The van der Waals surface area contributed by atoms with Crippen LogP contribution >= 0.6 is 0 Å². The fraction of sp³-hybridized carbons (Fsp3) is 0.276. The summed E-state index contributed by atoms with van der Waals surface area (Å²) in [6.45, 7) is -0.978. The number of carbonyl (C=O) groups excluding carboxylic acids is 6. The molecule has 3 aromatic rings. The molecule has 5 N–H and O–H groups in total. The highest BCUT2D eigenvalue weighted by Crippen LogP contribution is 2.33. The number of ketones is 1. The molecule has 0 bridgehead atoms. The van der Waals surface area contributed by atoms with Gasteiger partial charge in [-0.25, -0.2) is 0 Å². The number of aromatic hydroxyl groups is 1. The molecule has 4 amide bonds. The van der Waals surface area contributed by atoms with Crippen molar-refractivity contribution in [2.45, 2.75) is 32.0 Å². The van der Waals surface area contributed by atoms with Gasteiger partial charge in [0.1, 0.15) is 42.6 Å². The number of pyridine rings is 1. The van der Waals surface area contributed by atoms with E-state index in [2.05, 4.69) is 15.6 Å². The molecule has 2 heterocycles. The Kier molecular flexibility index (Phi) is 9.42. The minimum absolute atomic E-state index is 0.116. The van der Waals surface area contributed by atoms with Gasteiger partial charge in [-0.2, -0.15) is 0 Å². The van der Waals surface area contributed by atoms with Gasteiger partial charge in [0.15, 0.2) is 0 Å². The SMILES string of the molecule is CC(=O)C[C@@H](C=O)NC(=O)CN1C(=O)[C@@H](NC(=O)c2cnc3cc(CO)ccc3c2O)CN(C(=O)CO)c2ccccc21. The Labute approximate surface area is 244 Å². The van der Waals surface area contributed by atoms with Crippen LogP contribution in [0.3, 0.4) is 0 Å². The van der Waals surface area contributed by atoms with Crippen LogP contribution in [0.25, 0.3) is 10.9 Å². The molecular weight excluding hydrogens is 562 g/mol. The average Bonchev–Trinajstić information content (AvgIpc) is 3.10. The van der Waals surface area contributed by atoms with Crippen molar-refractivity contribution in [1.29, 1.82) is 0 Å². The number of amides is 4. The highest BCUT2D eigenvalue weighted by atomic mass is 16.3. The molecule has 1 aliphatic rings. The zero-order valence-corrected chi connectivity index (χ0v) is 23.0. The molecular formula is C29H29N5O9. The number of nitrogens with zero attached hydrogens (tertiary/aromatic N) is 3. The topological polar surface area (TPSA) is 207 Å². The number of anilines is 2. The third-order valence-electron chi connectivity index (χ3n) is 6.79. The summed E-state index contributed by atoms with van der Waals surface area (Å²) >= 11 is 0. The number of Topliss-reactive ketones (excluding diaryl/α,β-unsaturated/α-hetero) is 1. The second kappa shape index (κ2) is 13.2. The van der Waals surface area contributed by atoms with Crippen LogP contribution in [0.15, 0.2) is 48.7 Å². The number of aromatic nitrogens is 1. The van der Waals surface area contributed by atoms with Crippen molar-refractivity contribution in [3.63, 3.8) is 0 Å². The van der Waals surface area contributed by atoms with Gasteiger partial charge in [0, 0.05) is 18.0 Å². The van der Waals surface area contributed by atoms with Crippen molar-refractivity contribution in [2.75, 3.05) is 29.5 Å². The number of aldehydes is 1. The lowest BCUT2D eigenvalue weighted by Gasteiger charge is -2.25. The zero-order valence-electron chi connectivity index (χ0n) is 23.0. The minimum Gasteiger partial charge on any atom is -0.506 e. The van der Waals surface area contributed by atoms with Crippen LogP contribution in [0.1, 0.15) is 29.3 Å². The standard InChI is InChI=1S/C29H29N5O9/c1-16(38)8-18(14-36)31-25(39)12-34-24-5-3-2-4-23(24)33(26(40)15-37)11-22(29(34)43)32-28(42)20-10-30-21-9-17(13-35)6-7-19(21)27(20)41/h2-7,9-10,14,18,22,35,37H,8,11-13,15H2,1H3,(H,30,41)(H,31,39)(H,32,42)/t18-,22-/m0/s1. The molecule has 43 heavy (non-hydrogen) atoms. The van der Waals surface area contributed by atoms with Gasteiger partial charge in [0.2, 0.25) is 5.91 Å². The Hall–Kier alpha value is -5.21. The van der Waals surface area contributed by atoms with E-state index in [0.29, 0.717) is 17.4 Å². The van der Waals surface area contributed by atoms with Gasteiger partial charge in [-0.15, -0.1) is 0 Å². The highest BCUT2D eigenvalue weighted by Gasteiger charge is 2.38. The lowest BCUT2D eigenvalue weighted by atomic mass is 10.1. The van der Waals surface area contributed by atoms with Gasteiger partial charge in [0.25, 0.3) is 17.7 Å². The van der Waals surface area contributed by atoms with E-state index >= 15 is 0 Å². The van der Waals surface area contributed by atoms with E-state index < -0.39 is 61.2 Å². The Balaban J connectivity index is 1.68. The van der Waals surface area contributed by atoms with E-state index in [9.17, 15) is 44.1 Å². The number of hydrogen-bond donors (Lipinski definition) is 5. The molecule has 0 saturated carbocycles. The van der Waals surface area contributed by atoms with Crippen LogP contribution in [0.5, 0.6) is 5.75 Å². The molecule has 0 aliphatic carbocycles. The molecule has 2 aromatic carbocycles. The number of fused-ring (bicyclic) bond motifs is 2. The highest BCUT2D eigenvalue weighted by molar-refractivity contribution is 6.11. The number of benzene rings is 2. The second-order valence-electron chi connectivity index (χ2n) is 9.85. The van der Waals surface area contributed by atoms with E-state index in [0.717, 1.165) is 16.0 Å². The molecule has 0 saturated heterocycles. The number of aliphatic hydroxyl groups excluding tert-OH is 2. The summed E-state index contributed by atoms with van der Waals surface area (Å²) in [4.78, 5) is 82.1. The lowest BCUT2D eigenvalue weighted by Crippen LogP contribution is -2.55. The fourth-order valence-electron chi connectivity index (χ4n) is 4.74. The maximum atomic E-state index is 13.9. The van der Waals surface area contributed by atoms with Crippen LogP contribution in [0.2, 0.25) is 0 Å². The first kappa shape index (κ1) is 30.7. The van der Waals surface area contributed by atoms with Gasteiger partial charge in [-0.05, 0) is 36.8 Å². The molecule has 2 atom stereocenters. The first-order valence-electron chi connectivity index (χ1n) is 13.2. The fourth-order valence-corrected chi connectivity index (χ4v) is 4.74. The van der Waals surface area contributed by atoms with Crippen molar-refractivity contribution in [3.8, 4) is 5.75 Å². The molecule has 0 radical (unpaired) electrons. The van der Waals surface area contributed by atoms with Gasteiger partial charge in [-0.1, -0.05) is 18.2 Å². The van der Waals surface area contributed by atoms with Crippen LogP contribution in [0, 0.1) is 0 Å². The predicted molar refractivity (Wildman–Crippen MR) is 152 cm³/mol. The predicted octanol–water partition coefficient (Wildman–Crippen LogP) is -0.434. The van der Waals surface area contributed by atoms with E-state index in [4.69, 9.17) is 0 Å². The Morgan fingerprint density at radius 3 is 2.49 bits per heavy atom. The Bertz CT molecular complexity index is 1610. The number of aliphatic hydroxyl groups is 2. The maximum absolute atomic E-state index is 13.9. The van der Waals surface area contributed by atoms with Crippen molar-refractivity contribution in [1.82, 2.24) is 15.6 Å². The smallest absolute Gasteiger partial charge is 0.257 e. The summed E-state index contributed by atoms with van der Waals surface area (Å²) in [5.41, 5.74) is 0.868. The number of carbonyl (C=O) groups is 6. The Morgan fingerprint density at radius 2 is 1.84 bits per heavy atom.